The fourth-order valence-corrected chi connectivity index (χ4v) is 3.71. The number of carbonyl (C=O) groups is 2. The molecule has 2 amide bonds. The molecule has 0 radical (unpaired) electrons. The number of carboxylic acids is 1. The molecule has 19 heavy (non-hydrogen) atoms. The van der Waals surface area contributed by atoms with E-state index in [2.05, 4.69) is 10.3 Å². The number of hydrogen-bond acceptors (Lipinski definition) is 4. The first kappa shape index (κ1) is 12.4. The fraction of sp³-hybridized carbons (Fsp3) is 0.583. The first-order chi connectivity index (χ1) is 9.16. The quantitative estimate of drug-likeness (QED) is 0.874. The molecule has 1 aromatic rings. The SMILES string of the molecule is O=C(O)C1CC2CCC1N2C(=O)NCc1nccs1. The first-order valence-corrected chi connectivity index (χ1v) is 7.22. The van der Waals surface area contributed by atoms with Crippen LogP contribution in [0.1, 0.15) is 24.3 Å². The van der Waals surface area contributed by atoms with Crippen molar-refractivity contribution in [1.82, 2.24) is 15.2 Å². The number of amides is 2. The average Bonchev–Trinajstić information content (AvgIpc) is 3.11. The molecule has 2 bridgehead atoms. The zero-order valence-electron chi connectivity index (χ0n) is 10.3. The number of aliphatic carboxylic acids is 1. The fourth-order valence-electron chi connectivity index (χ4n) is 3.15. The zero-order valence-corrected chi connectivity index (χ0v) is 11.1. The highest BCUT2D eigenvalue weighted by Crippen LogP contribution is 2.41. The maximum Gasteiger partial charge on any atom is 0.318 e. The van der Waals surface area contributed by atoms with Crippen LogP contribution < -0.4 is 5.32 Å². The van der Waals surface area contributed by atoms with Gasteiger partial charge < -0.3 is 15.3 Å². The molecule has 3 atom stereocenters. The van der Waals surface area contributed by atoms with Gasteiger partial charge in [0, 0.05) is 23.7 Å². The molecule has 2 aliphatic rings. The molecule has 102 valence electrons. The summed E-state index contributed by atoms with van der Waals surface area (Å²) in [5, 5.41) is 14.7. The molecular formula is C12H15N3O3S. The smallest absolute Gasteiger partial charge is 0.318 e. The molecule has 2 fully saturated rings. The highest BCUT2D eigenvalue weighted by Gasteiger charge is 2.51. The summed E-state index contributed by atoms with van der Waals surface area (Å²) in [5.41, 5.74) is 0. The Labute approximate surface area is 114 Å². The molecule has 3 unspecified atom stereocenters. The lowest BCUT2D eigenvalue weighted by Crippen LogP contribution is -2.44. The predicted molar refractivity (Wildman–Crippen MR) is 68.7 cm³/mol. The number of hydrogen-bond donors (Lipinski definition) is 2. The number of nitrogens with one attached hydrogen (secondary N) is 1. The van der Waals surface area contributed by atoms with Crippen LogP contribution in [0.15, 0.2) is 11.6 Å². The minimum atomic E-state index is -0.787. The minimum Gasteiger partial charge on any atom is -0.481 e. The topological polar surface area (TPSA) is 82.5 Å². The third kappa shape index (κ3) is 2.18. The Morgan fingerprint density at radius 3 is 3.00 bits per heavy atom. The van der Waals surface area contributed by atoms with Gasteiger partial charge in [0.05, 0.1) is 12.5 Å². The van der Waals surface area contributed by atoms with E-state index in [4.69, 9.17) is 5.11 Å². The molecule has 2 saturated heterocycles. The average molecular weight is 281 g/mol. The van der Waals surface area contributed by atoms with Crippen LogP contribution in [0.4, 0.5) is 4.79 Å². The Hall–Kier alpha value is -1.63. The molecule has 3 heterocycles. The maximum atomic E-state index is 12.2. The summed E-state index contributed by atoms with van der Waals surface area (Å²) in [6.45, 7) is 0.407. The number of fused-ring (bicyclic) bond motifs is 2. The second-order valence-electron chi connectivity index (χ2n) is 4.97. The van der Waals surface area contributed by atoms with Crippen molar-refractivity contribution >= 4 is 23.3 Å². The molecule has 1 aromatic heterocycles. The standard InChI is InChI=1S/C12H15N3O3S/c16-11(17)8-5-7-1-2-9(8)15(7)12(18)14-6-10-13-3-4-19-10/h3-4,7-9H,1-2,5-6H2,(H,14,18)(H,16,17). The normalized spacial score (nSPS) is 28.6. The monoisotopic (exact) mass is 281 g/mol. The first-order valence-electron chi connectivity index (χ1n) is 6.34. The molecule has 0 saturated carbocycles. The molecule has 0 aliphatic carbocycles. The number of carbonyl (C=O) groups excluding carboxylic acids is 1. The van der Waals surface area contributed by atoms with E-state index in [1.165, 1.54) is 11.3 Å². The molecule has 6 nitrogen and oxygen atoms in total. The van der Waals surface area contributed by atoms with Crippen LogP contribution in [0.5, 0.6) is 0 Å². The van der Waals surface area contributed by atoms with E-state index in [1.54, 1.807) is 11.1 Å². The van der Waals surface area contributed by atoms with E-state index < -0.39 is 11.9 Å². The predicted octanol–water partition coefficient (Wildman–Crippen LogP) is 1.29. The van der Waals surface area contributed by atoms with E-state index in [1.807, 2.05) is 5.38 Å². The number of nitrogens with zero attached hydrogens (tertiary/aromatic N) is 2. The van der Waals surface area contributed by atoms with Gasteiger partial charge in [-0.2, -0.15) is 0 Å². The van der Waals surface area contributed by atoms with Crippen LogP contribution in [0, 0.1) is 5.92 Å². The third-order valence-corrected chi connectivity index (χ3v) is 4.74. The number of aromatic nitrogens is 1. The summed E-state index contributed by atoms with van der Waals surface area (Å²) in [6, 6.07) is -0.215. The van der Waals surface area contributed by atoms with Crippen molar-refractivity contribution in [2.24, 2.45) is 5.92 Å². The van der Waals surface area contributed by atoms with Crippen molar-refractivity contribution in [3.8, 4) is 0 Å². The molecule has 7 heteroatoms. The second-order valence-corrected chi connectivity index (χ2v) is 5.95. The van der Waals surface area contributed by atoms with E-state index in [9.17, 15) is 9.59 Å². The minimum absolute atomic E-state index is 0.0856. The van der Waals surface area contributed by atoms with Gasteiger partial charge in [-0.15, -0.1) is 11.3 Å². The Kier molecular flexibility index (Phi) is 3.14. The molecule has 3 rings (SSSR count). The molecular weight excluding hydrogens is 266 g/mol. The van der Waals surface area contributed by atoms with E-state index in [0.717, 1.165) is 17.8 Å². The molecule has 0 spiro atoms. The Bertz CT molecular complexity index is 490. The highest BCUT2D eigenvalue weighted by molar-refractivity contribution is 7.09. The van der Waals surface area contributed by atoms with Crippen molar-refractivity contribution in [2.45, 2.75) is 37.9 Å². The van der Waals surface area contributed by atoms with E-state index in [0.29, 0.717) is 13.0 Å². The van der Waals surface area contributed by atoms with E-state index >= 15 is 0 Å². The van der Waals surface area contributed by atoms with Crippen LogP contribution in [0.3, 0.4) is 0 Å². The molecule has 2 aliphatic heterocycles. The van der Waals surface area contributed by atoms with Gasteiger partial charge in [0.2, 0.25) is 0 Å². The number of thiazole rings is 1. The van der Waals surface area contributed by atoms with Gasteiger partial charge in [-0.25, -0.2) is 9.78 Å². The summed E-state index contributed by atoms with van der Waals surface area (Å²) < 4.78 is 0. The van der Waals surface area contributed by atoms with Gasteiger partial charge in [0.25, 0.3) is 0 Å². The Morgan fingerprint density at radius 2 is 2.37 bits per heavy atom. The second kappa shape index (κ2) is 4.80. The third-order valence-electron chi connectivity index (χ3n) is 3.96. The molecule has 2 N–H and O–H groups in total. The van der Waals surface area contributed by atoms with Crippen LogP contribution in [-0.4, -0.2) is 39.1 Å². The van der Waals surface area contributed by atoms with Gasteiger partial charge in [0.1, 0.15) is 5.01 Å². The van der Waals surface area contributed by atoms with Crippen LogP contribution in [-0.2, 0) is 11.3 Å². The lowest BCUT2D eigenvalue weighted by atomic mass is 9.89. The van der Waals surface area contributed by atoms with Crippen molar-refractivity contribution in [3.05, 3.63) is 16.6 Å². The van der Waals surface area contributed by atoms with Gasteiger partial charge >= 0.3 is 12.0 Å². The van der Waals surface area contributed by atoms with Crippen molar-refractivity contribution in [2.75, 3.05) is 0 Å². The lowest BCUT2D eigenvalue weighted by molar-refractivity contribution is -0.142. The van der Waals surface area contributed by atoms with Crippen molar-refractivity contribution in [1.29, 1.82) is 0 Å². The number of rotatable bonds is 3. The van der Waals surface area contributed by atoms with Crippen LogP contribution in [0.25, 0.3) is 0 Å². The zero-order chi connectivity index (χ0) is 13.4. The Balaban J connectivity index is 1.63. The van der Waals surface area contributed by atoms with Crippen molar-refractivity contribution in [3.63, 3.8) is 0 Å². The summed E-state index contributed by atoms with van der Waals surface area (Å²) >= 11 is 1.49. The Morgan fingerprint density at radius 1 is 1.53 bits per heavy atom. The van der Waals surface area contributed by atoms with Gasteiger partial charge in [-0.1, -0.05) is 0 Å². The summed E-state index contributed by atoms with van der Waals surface area (Å²) in [6.07, 6.45) is 4.00. The van der Waals surface area contributed by atoms with Gasteiger partial charge in [-0.05, 0) is 19.3 Å². The maximum absolute atomic E-state index is 12.2. The van der Waals surface area contributed by atoms with Crippen molar-refractivity contribution < 1.29 is 14.7 Å². The van der Waals surface area contributed by atoms with Gasteiger partial charge in [-0.3, -0.25) is 4.79 Å². The largest absolute Gasteiger partial charge is 0.481 e. The van der Waals surface area contributed by atoms with Crippen LogP contribution >= 0.6 is 11.3 Å². The summed E-state index contributed by atoms with van der Waals surface area (Å²) in [7, 11) is 0. The van der Waals surface area contributed by atoms with Gasteiger partial charge in [0.15, 0.2) is 0 Å². The lowest BCUT2D eigenvalue weighted by Gasteiger charge is -2.23. The highest BCUT2D eigenvalue weighted by atomic mass is 32.1. The molecule has 0 aromatic carbocycles. The van der Waals surface area contributed by atoms with E-state index in [-0.39, 0.29) is 18.1 Å². The number of carboxylic acid groups (broad SMARTS) is 1. The van der Waals surface area contributed by atoms with Crippen LogP contribution in [0.2, 0.25) is 0 Å². The summed E-state index contributed by atoms with van der Waals surface area (Å²) in [5.74, 6) is -1.19. The number of urea groups is 1. The summed E-state index contributed by atoms with van der Waals surface area (Å²) in [4.78, 5) is 29.1.